The van der Waals surface area contributed by atoms with Crippen LogP contribution in [-0.2, 0) is 6.54 Å². The standard InChI is InChI=1S/C10H13N3S/c1-7-4-11-13(5-7)6-10-8(2)12-9(3)14-10/h4-5H,6H2,1-3H3. The molecule has 3 nitrogen and oxygen atoms in total. The van der Waals surface area contributed by atoms with Gasteiger partial charge in [0, 0.05) is 11.1 Å². The van der Waals surface area contributed by atoms with Gasteiger partial charge in [-0.1, -0.05) is 0 Å². The molecule has 0 aliphatic heterocycles. The summed E-state index contributed by atoms with van der Waals surface area (Å²) in [6.07, 6.45) is 3.93. The highest BCUT2D eigenvalue weighted by atomic mass is 32.1. The summed E-state index contributed by atoms with van der Waals surface area (Å²) >= 11 is 1.75. The molecule has 4 heteroatoms. The van der Waals surface area contributed by atoms with Gasteiger partial charge in [-0.3, -0.25) is 4.68 Å². The van der Waals surface area contributed by atoms with Crippen LogP contribution < -0.4 is 0 Å². The average molecular weight is 207 g/mol. The van der Waals surface area contributed by atoms with Crippen molar-refractivity contribution in [3.8, 4) is 0 Å². The van der Waals surface area contributed by atoms with Gasteiger partial charge in [0.05, 0.1) is 23.4 Å². The molecule has 74 valence electrons. The number of nitrogens with zero attached hydrogens (tertiary/aromatic N) is 3. The van der Waals surface area contributed by atoms with Crippen molar-refractivity contribution >= 4 is 11.3 Å². The third-order valence-electron chi connectivity index (χ3n) is 2.07. The highest BCUT2D eigenvalue weighted by Gasteiger charge is 2.05. The number of rotatable bonds is 2. The Morgan fingerprint density at radius 3 is 2.64 bits per heavy atom. The minimum Gasteiger partial charge on any atom is -0.267 e. The molecule has 0 radical (unpaired) electrons. The molecule has 0 amide bonds. The van der Waals surface area contributed by atoms with Crippen molar-refractivity contribution in [2.45, 2.75) is 27.3 Å². The second-order valence-electron chi connectivity index (χ2n) is 3.46. The lowest BCUT2D eigenvalue weighted by Crippen LogP contribution is -1.99. The van der Waals surface area contributed by atoms with Crippen LogP contribution in [0.3, 0.4) is 0 Å². The van der Waals surface area contributed by atoms with Crippen LogP contribution in [0.5, 0.6) is 0 Å². The molecule has 0 spiro atoms. The number of aromatic nitrogens is 3. The van der Waals surface area contributed by atoms with Crippen LogP contribution in [0, 0.1) is 20.8 Å². The van der Waals surface area contributed by atoms with Gasteiger partial charge in [-0.25, -0.2) is 4.98 Å². The SMILES string of the molecule is Cc1cnn(Cc2sc(C)nc2C)c1. The monoisotopic (exact) mass is 207 g/mol. The van der Waals surface area contributed by atoms with Gasteiger partial charge in [-0.15, -0.1) is 11.3 Å². The van der Waals surface area contributed by atoms with Crippen molar-refractivity contribution in [1.29, 1.82) is 0 Å². The highest BCUT2D eigenvalue weighted by Crippen LogP contribution is 2.17. The van der Waals surface area contributed by atoms with Crippen molar-refractivity contribution in [2.75, 3.05) is 0 Å². The van der Waals surface area contributed by atoms with Crippen molar-refractivity contribution in [1.82, 2.24) is 14.8 Å². The summed E-state index contributed by atoms with van der Waals surface area (Å²) in [5, 5.41) is 5.38. The molecule has 14 heavy (non-hydrogen) atoms. The maximum Gasteiger partial charge on any atom is 0.0900 e. The minimum atomic E-state index is 0.838. The molecule has 0 atom stereocenters. The van der Waals surface area contributed by atoms with Crippen LogP contribution in [0.25, 0.3) is 0 Å². The Bertz CT molecular complexity index is 442. The van der Waals surface area contributed by atoms with E-state index in [0.29, 0.717) is 0 Å². The normalized spacial score (nSPS) is 10.8. The quantitative estimate of drug-likeness (QED) is 0.756. The Labute approximate surface area is 87.4 Å². The molecule has 0 aliphatic carbocycles. The van der Waals surface area contributed by atoms with Gasteiger partial charge in [0.15, 0.2) is 0 Å². The van der Waals surface area contributed by atoms with Crippen LogP contribution in [0.1, 0.15) is 21.1 Å². The number of hydrogen-bond donors (Lipinski definition) is 0. The molecule has 2 heterocycles. The Morgan fingerprint density at radius 2 is 2.14 bits per heavy atom. The topological polar surface area (TPSA) is 30.7 Å². The van der Waals surface area contributed by atoms with Gasteiger partial charge >= 0.3 is 0 Å². The van der Waals surface area contributed by atoms with Crippen LogP contribution in [-0.4, -0.2) is 14.8 Å². The first kappa shape index (κ1) is 9.40. The summed E-state index contributed by atoms with van der Waals surface area (Å²) in [4.78, 5) is 5.69. The molecule has 0 fully saturated rings. The zero-order valence-electron chi connectivity index (χ0n) is 8.61. The van der Waals surface area contributed by atoms with E-state index in [1.807, 2.05) is 24.7 Å². The zero-order valence-corrected chi connectivity index (χ0v) is 9.43. The minimum absolute atomic E-state index is 0.838. The molecular weight excluding hydrogens is 194 g/mol. The summed E-state index contributed by atoms with van der Waals surface area (Å²) in [5.41, 5.74) is 2.32. The molecule has 0 saturated carbocycles. The van der Waals surface area contributed by atoms with E-state index in [4.69, 9.17) is 0 Å². The number of thiazole rings is 1. The van der Waals surface area contributed by atoms with E-state index >= 15 is 0 Å². The van der Waals surface area contributed by atoms with E-state index in [9.17, 15) is 0 Å². The van der Waals surface area contributed by atoms with E-state index in [2.05, 4.69) is 23.2 Å². The zero-order chi connectivity index (χ0) is 10.1. The van der Waals surface area contributed by atoms with Gasteiger partial charge in [0.25, 0.3) is 0 Å². The third-order valence-corrected chi connectivity index (χ3v) is 3.13. The van der Waals surface area contributed by atoms with E-state index in [0.717, 1.165) is 17.2 Å². The molecule has 2 aromatic heterocycles. The summed E-state index contributed by atoms with van der Waals surface area (Å²) < 4.78 is 1.95. The van der Waals surface area contributed by atoms with Crippen LogP contribution in [0.2, 0.25) is 0 Å². The van der Waals surface area contributed by atoms with E-state index < -0.39 is 0 Å². The lowest BCUT2D eigenvalue weighted by molar-refractivity contribution is 0.690. The summed E-state index contributed by atoms with van der Waals surface area (Å²) in [5.74, 6) is 0. The predicted octanol–water partition coefficient (Wildman–Crippen LogP) is 2.31. The Balaban J connectivity index is 2.22. The molecule has 0 unspecified atom stereocenters. The van der Waals surface area contributed by atoms with E-state index in [-0.39, 0.29) is 0 Å². The number of aryl methyl sites for hydroxylation is 3. The second-order valence-corrected chi connectivity index (χ2v) is 4.74. The fraction of sp³-hybridized carbons (Fsp3) is 0.400. The second kappa shape index (κ2) is 3.53. The van der Waals surface area contributed by atoms with Gasteiger partial charge < -0.3 is 0 Å². The molecule has 0 saturated heterocycles. The Hall–Kier alpha value is -1.16. The smallest absolute Gasteiger partial charge is 0.0900 e. The van der Waals surface area contributed by atoms with Crippen molar-refractivity contribution in [3.05, 3.63) is 33.5 Å². The molecule has 0 aromatic carbocycles. The van der Waals surface area contributed by atoms with Gasteiger partial charge in [-0.05, 0) is 26.3 Å². The highest BCUT2D eigenvalue weighted by molar-refractivity contribution is 7.11. The van der Waals surface area contributed by atoms with Crippen molar-refractivity contribution in [2.24, 2.45) is 0 Å². The van der Waals surface area contributed by atoms with E-state index in [1.165, 1.54) is 10.4 Å². The first-order chi connectivity index (χ1) is 6.65. The maximum atomic E-state index is 4.39. The van der Waals surface area contributed by atoms with Crippen LogP contribution in [0.4, 0.5) is 0 Å². The largest absolute Gasteiger partial charge is 0.267 e. The molecule has 0 N–H and O–H groups in total. The molecule has 2 aromatic rings. The molecule has 0 aliphatic rings. The molecular formula is C10H13N3S. The first-order valence-corrected chi connectivity index (χ1v) is 5.39. The summed E-state index contributed by atoms with van der Waals surface area (Å²) in [6, 6.07) is 0. The van der Waals surface area contributed by atoms with Gasteiger partial charge in [0.2, 0.25) is 0 Å². The average Bonchev–Trinajstić information content (AvgIpc) is 2.61. The Morgan fingerprint density at radius 1 is 1.36 bits per heavy atom. The summed E-state index contributed by atoms with van der Waals surface area (Å²) in [6.45, 7) is 6.98. The summed E-state index contributed by atoms with van der Waals surface area (Å²) in [7, 11) is 0. The maximum absolute atomic E-state index is 4.39. The van der Waals surface area contributed by atoms with Crippen molar-refractivity contribution < 1.29 is 0 Å². The third kappa shape index (κ3) is 1.85. The first-order valence-electron chi connectivity index (χ1n) is 4.57. The van der Waals surface area contributed by atoms with Crippen LogP contribution >= 0.6 is 11.3 Å². The lowest BCUT2D eigenvalue weighted by atomic mass is 10.4. The predicted molar refractivity (Wildman–Crippen MR) is 57.7 cm³/mol. The number of hydrogen-bond acceptors (Lipinski definition) is 3. The lowest BCUT2D eigenvalue weighted by Gasteiger charge is -1.98. The Kier molecular flexibility index (Phi) is 2.37. The van der Waals surface area contributed by atoms with Gasteiger partial charge in [-0.2, -0.15) is 5.10 Å². The molecule has 0 bridgehead atoms. The fourth-order valence-corrected chi connectivity index (χ4v) is 2.35. The van der Waals surface area contributed by atoms with Crippen LogP contribution in [0.15, 0.2) is 12.4 Å². The molecule has 2 rings (SSSR count). The van der Waals surface area contributed by atoms with Gasteiger partial charge in [0.1, 0.15) is 0 Å². The van der Waals surface area contributed by atoms with E-state index in [1.54, 1.807) is 11.3 Å². The fourth-order valence-electron chi connectivity index (χ4n) is 1.42. The van der Waals surface area contributed by atoms with Crippen molar-refractivity contribution in [3.63, 3.8) is 0 Å².